The van der Waals surface area contributed by atoms with Gasteiger partial charge in [-0.1, -0.05) is 12.1 Å². The van der Waals surface area contributed by atoms with Gasteiger partial charge in [0.15, 0.2) is 11.5 Å². The molecule has 3 aliphatic heterocycles. The van der Waals surface area contributed by atoms with Gasteiger partial charge in [-0.2, -0.15) is 4.98 Å². The van der Waals surface area contributed by atoms with Gasteiger partial charge in [-0.15, -0.1) is 6.58 Å². The summed E-state index contributed by atoms with van der Waals surface area (Å²) < 4.78 is 3.18. The third-order valence-electron chi connectivity index (χ3n) is 8.21. The SMILES string of the molecule is C=CCn1c(=O)c2cnc(Nc3ccc(N(C)[C@H]4CN5CCC4CC5)cc3)nc2n1-c1cccc(C(C)(C)O)n1. The Morgan fingerprint density at radius 1 is 1.15 bits per heavy atom. The van der Waals surface area contributed by atoms with Gasteiger partial charge in [0.25, 0.3) is 5.56 Å². The molecule has 208 valence electrons. The Morgan fingerprint density at radius 3 is 2.55 bits per heavy atom. The van der Waals surface area contributed by atoms with Gasteiger partial charge in [0.05, 0.1) is 12.2 Å². The molecule has 0 radical (unpaired) electrons. The van der Waals surface area contributed by atoms with E-state index in [1.165, 1.54) is 36.3 Å². The third-order valence-corrected chi connectivity index (χ3v) is 8.21. The van der Waals surface area contributed by atoms with Crippen molar-refractivity contribution < 1.29 is 5.11 Å². The van der Waals surface area contributed by atoms with Crippen molar-refractivity contribution >= 4 is 28.4 Å². The molecule has 3 saturated heterocycles. The minimum absolute atomic E-state index is 0.239. The summed E-state index contributed by atoms with van der Waals surface area (Å²) in [5.74, 6) is 1.60. The third kappa shape index (κ3) is 4.77. The zero-order valence-electron chi connectivity index (χ0n) is 23.3. The van der Waals surface area contributed by atoms with Crippen LogP contribution in [0.3, 0.4) is 0 Å². The fraction of sp³-hybridized carbons (Fsp3) is 0.400. The molecule has 0 spiro atoms. The van der Waals surface area contributed by atoms with E-state index in [-0.39, 0.29) is 12.1 Å². The second-order valence-electron chi connectivity index (χ2n) is 11.3. The fourth-order valence-electron chi connectivity index (χ4n) is 5.96. The molecule has 2 bridgehead atoms. The molecule has 6 heterocycles. The summed E-state index contributed by atoms with van der Waals surface area (Å²) in [6.45, 7) is 11.0. The molecule has 1 atom stereocenters. The number of fused-ring (bicyclic) bond motifs is 4. The minimum atomic E-state index is -1.14. The van der Waals surface area contributed by atoms with Gasteiger partial charge >= 0.3 is 0 Å². The summed E-state index contributed by atoms with van der Waals surface area (Å²) in [5.41, 5.74) is 1.57. The first-order valence-corrected chi connectivity index (χ1v) is 13.8. The number of hydrogen-bond acceptors (Lipinski definition) is 8. The lowest BCUT2D eigenvalue weighted by Crippen LogP contribution is -2.56. The highest BCUT2D eigenvalue weighted by Gasteiger charge is 2.36. The Morgan fingerprint density at radius 2 is 1.90 bits per heavy atom. The summed E-state index contributed by atoms with van der Waals surface area (Å²) in [5, 5.41) is 14.2. The summed E-state index contributed by atoms with van der Waals surface area (Å²) in [6.07, 6.45) is 5.76. The van der Waals surface area contributed by atoms with Crippen LogP contribution in [-0.2, 0) is 12.1 Å². The molecule has 40 heavy (non-hydrogen) atoms. The first-order valence-electron chi connectivity index (χ1n) is 13.8. The number of allylic oxidation sites excluding steroid dienone is 1. The zero-order valence-corrected chi connectivity index (χ0v) is 23.3. The quantitative estimate of drug-likeness (QED) is 0.327. The number of likely N-dealkylation sites (N-methyl/N-ethyl adjacent to an activating group) is 1. The average Bonchev–Trinajstić information content (AvgIpc) is 3.24. The predicted octanol–water partition coefficient (Wildman–Crippen LogP) is 3.66. The highest BCUT2D eigenvalue weighted by molar-refractivity contribution is 5.77. The molecular weight excluding hydrogens is 504 g/mol. The first-order chi connectivity index (χ1) is 19.2. The van der Waals surface area contributed by atoms with Crippen LogP contribution < -0.4 is 15.8 Å². The molecule has 0 unspecified atom stereocenters. The molecular formula is C30H36N8O2. The van der Waals surface area contributed by atoms with E-state index in [0.29, 0.717) is 34.5 Å². The van der Waals surface area contributed by atoms with Crippen LogP contribution >= 0.6 is 0 Å². The van der Waals surface area contributed by atoms with Crippen LogP contribution in [0, 0.1) is 5.92 Å². The molecule has 0 aliphatic carbocycles. The second-order valence-corrected chi connectivity index (χ2v) is 11.3. The summed E-state index contributed by atoms with van der Waals surface area (Å²) in [6, 6.07) is 14.2. The normalized spacial score (nSPS) is 20.6. The van der Waals surface area contributed by atoms with E-state index in [4.69, 9.17) is 4.98 Å². The zero-order chi connectivity index (χ0) is 28.0. The Balaban J connectivity index is 1.30. The molecule has 4 aromatic rings. The molecule has 10 heteroatoms. The molecule has 0 amide bonds. The number of piperidine rings is 3. The van der Waals surface area contributed by atoms with E-state index in [9.17, 15) is 9.90 Å². The Hall–Kier alpha value is -4.02. The smallest absolute Gasteiger partial charge is 0.278 e. The maximum Gasteiger partial charge on any atom is 0.278 e. The number of nitrogens with one attached hydrogen (secondary N) is 1. The van der Waals surface area contributed by atoms with E-state index in [2.05, 4.69) is 50.8 Å². The summed E-state index contributed by atoms with van der Waals surface area (Å²) in [7, 11) is 2.19. The van der Waals surface area contributed by atoms with E-state index < -0.39 is 5.60 Å². The van der Waals surface area contributed by atoms with Gasteiger partial charge in [0.2, 0.25) is 5.95 Å². The number of anilines is 3. The van der Waals surface area contributed by atoms with E-state index in [1.807, 2.05) is 12.1 Å². The highest BCUT2D eigenvalue weighted by Crippen LogP contribution is 2.33. The van der Waals surface area contributed by atoms with Gasteiger partial charge in [-0.3, -0.25) is 4.79 Å². The van der Waals surface area contributed by atoms with Crippen molar-refractivity contribution in [2.45, 2.75) is 44.9 Å². The van der Waals surface area contributed by atoms with E-state index in [0.717, 1.165) is 18.2 Å². The monoisotopic (exact) mass is 540 g/mol. The van der Waals surface area contributed by atoms with Gasteiger partial charge in [-0.25, -0.2) is 19.3 Å². The summed E-state index contributed by atoms with van der Waals surface area (Å²) in [4.78, 5) is 32.0. The molecule has 1 aromatic carbocycles. The molecule has 3 fully saturated rings. The first kappa shape index (κ1) is 26.2. The number of aliphatic hydroxyl groups is 1. The van der Waals surface area contributed by atoms with E-state index in [1.54, 1.807) is 49.0 Å². The molecule has 3 aromatic heterocycles. The molecule has 10 nitrogen and oxygen atoms in total. The van der Waals surface area contributed by atoms with Crippen molar-refractivity contribution in [3.63, 3.8) is 0 Å². The van der Waals surface area contributed by atoms with Crippen LogP contribution in [0.25, 0.3) is 16.9 Å². The molecule has 0 saturated carbocycles. The van der Waals surface area contributed by atoms with Crippen molar-refractivity contribution in [3.8, 4) is 5.82 Å². The number of rotatable bonds is 8. The topological polar surface area (TPSA) is 104 Å². The Bertz CT molecular complexity index is 1590. The largest absolute Gasteiger partial charge is 0.384 e. The van der Waals surface area contributed by atoms with Gasteiger partial charge < -0.3 is 20.2 Å². The van der Waals surface area contributed by atoms with Crippen LogP contribution in [0.4, 0.5) is 17.3 Å². The van der Waals surface area contributed by atoms with Crippen LogP contribution in [0.15, 0.2) is 66.1 Å². The predicted molar refractivity (Wildman–Crippen MR) is 157 cm³/mol. The minimum Gasteiger partial charge on any atom is -0.384 e. The Kier molecular flexibility index (Phi) is 6.67. The van der Waals surface area contributed by atoms with Crippen molar-refractivity contribution in [1.29, 1.82) is 0 Å². The number of pyridine rings is 1. The van der Waals surface area contributed by atoms with Crippen LogP contribution in [0.5, 0.6) is 0 Å². The van der Waals surface area contributed by atoms with Crippen molar-refractivity contribution in [1.82, 2.24) is 29.2 Å². The number of aromatic nitrogens is 5. The van der Waals surface area contributed by atoms with Crippen molar-refractivity contribution in [2.24, 2.45) is 5.92 Å². The fourth-order valence-corrected chi connectivity index (χ4v) is 5.96. The molecule has 7 rings (SSSR count). The lowest BCUT2D eigenvalue weighted by Gasteiger charge is -2.48. The molecule has 2 N–H and O–H groups in total. The van der Waals surface area contributed by atoms with Gasteiger partial charge in [-0.05, 0) is 82.1 Å². The van der Waals surface area contributed by atoms with Gasteiger partial charge in [0, 0.05) is 37.2 Å². The Labute approximate surface area is 233 Å². The van der Waals surface area contributed by atoms with Crippen LogP contribution in [0.2, 0.25) is 0 Å². The van der Waals surface area contributed by atoms with Crippen molar-refractivity contribution in [3.05, 3.63) is 77.4 Å². The average molecular weight is 541 g/mol. The summed E-state index contributed by atoms with van der Waals surface area (Å²) >= 11 is 0. The lowest BCUT2D eigenvalue weighted by atomic mass is 9.83. The standard InChI is InChI=1S/C30H36N8O2/c1-5-15-37-28(39)23-18-31-29(34-27(23)38(37)26-8-6-7-25(33-26)30(2,3)40)32-21-9-11-22(12-10-21)35(4)24-19-36-16-13-20(24)14-17-36/h5-12,18,20,24,40H,1,13-17,19H2,2-4H3,(H,31,32,34)/t24-/m0/s1. The maximum absolute atomic E-state index is 13.3. The number of nitrogens with zero attached hydrogens (tertiary/aromatic N) is 7. The van der Waals surface area contributed by atoms with Crippen LogP contribution in [-0.4, -0.2) is 67.0 Å². The van der Waals surface area contributed by atoms with E-state index >= 15 is 0 Å². The van der Waals surface area contributed by atoms with Crippen molar-refractivity contribution in [2.75, 3.05) is 36.9 Å². The number of benzene rings is 1. The maximum atomic E-state index is 13.3. The lowest BCUT2D eigenvalue weighted by molar-refractivity contribution is 0.0738. The van der Waals surface area contributed by atoms with Crippen LogP contribution in [0.1, 0.15) is 32.4 Å². The van der Waals surface area contributed by atoms with Gasteiger partial charge in [0.1, 0.15) is 11.0 Å². The molecule has 3 aliphatic rings. The second kappa shape index (κ2) is 10.2. The number of hydrogen-bond donors (Lipinski definition) is 2. The highest BCUT2D eigenvalue weighted by atomic mass is 16.3.